The van der Waals surface area contributed by atoms with Gasteiger partial charge in [0.25, 0.3) is 0 Å². The molecule has 3 rings (SSSR count). The van der Waals surface area contributed by atoms with Gasteiger partial charge >= 0.3 is 5.97 Å². The molecule has 1 heterocycles. The Morgan fingerprint density at radius 3 is 2.62 bits per heavy atom. The van der Waals surface area contributed by atoms with Crippen LogP contribution < -0.4 is 4.90 Å². The van der Waals surface area contributed by atoms with Gasteiger partial charge in [0.2, 0.25) is 5.91 Å². The molecule has 2 aromatic rings. The Balaban J connectivity index is 1.58. The van der Waals surface area contributed by atoms with E-state index in [4.69, 9.17) is 16.3 Å². The van der Waals surface area contributed by atoms with Crippen LogP contribution in [0.15, 0.2) is 48.5 Å². The van der Waals surface area contributed by atoms with Crippen LogP contribution in [0.2, 0.25) is 5.02 Å². The Bertz CT molecular complexity index is 847. The van der Waals surface area contributed by atoms with Crippen LogP contribution in [0.5, 0.6) is 0 Å². The molecule has 0 aliphatic carbocycles. The van der Waals surface area contributed by atoms with Gasteiger partial charge in [-0.25, -0.2) is 0 Å². The average Bonchev–Trinajstić information content (AvgIpc) is 3.02. The summed E-state index contributed by atoms with van der Waals surface area (Å²) in [6, 6.07) is 14.0. The lowest BCUT2D eigenvalue weighted by Crippen LogP contribution is -2.27. The molecule has 1 fully saturated rings. The van der Waals surface area contributed by atoms with Crippen LogP contribution in [0.1, 0.15) is 22.3 Å². The predicted octanol–water partition coefficient (Wildman–Crippen LogP) is 3.43. The van der Waals surface area contributed by atoms with Gasteiger partial charge in [0.15, 0.2) is 12.4 Å². The summed E-state index contributed by atoms with van der Waals surface area (Å²) < 4.78 is 5.14. The molecule has 0 saturated carbocycles. The van der Waals surface area contributed by atoms with Crippen LogP contribution in [0, 0.1) is 12.8 Å². The Morgan fingerprint density at radius 2 is 1.92 bits per heavy atom. The lowest BCUT2D eigenvalue weighted by molar-refractivity contribution is -0.147. The van der Waals surface area contributed by atoms with Crippen molar-refractivity contribution in [2.24, 2.45) is 5.92 Å². The SMILES string of the molecule is Cc1ccc(C(=O)COC(=O)[C@H]2CC(=O)N(c3cccc(Cl)c3)C2)cc1. The summed E-state index contributed by atoms with van der Waals surface area (Å²) in [5.74, 6) is -1.57. The molecule has 0 aromatic heterocycles. The first-order valence-corrected chi connectivity index (χ1v) is 8.64. The van der Waals surface area contributed by atoms with E-state index in [1.165, 1.54) is 4.90 Å². The summed E-state index contributed by atoms with van der Waals surface area (Å²) in [6.07, 6.45) is 0.0596. The number of anilines is 1. The number of rotatable bonds is 5. The van der Waals surface area contributed by atoms with E-state index in [1.807, 2.05) is 19.1 Å². The number of amides is 1. The minimum atomic E-state index is -0.590. The fraction of sp³-hybridized carbons (Fsp3) is 0.250. The molecule has 5 nitrogen and oxygen atoms in total. The summed E-state index contributed by atoms with van der Waals surface area (Å²) in [7, 11) is 0. The smallest absolute Gasteiger partial charge is 0.311 e. The summed E-state index contributed by atoms with van der Waals surface area (Å²) in [4.78, 5) is 38.1. The molecule has 2 aromatic carbocycles. The molecule has 0 unspecified atom stereocenters. The third-order valence-electron chi connectivity index (χ3n) is 4.30. The highest BCUT2D eigenvalue weighted by atomic mass is 35.5. The second-order valence-electron chi connectivity index (χ2n) is 6.28. The van der Waals surface area contributed by atoms with Crippen molar-refractivity contribution >= 4 is 34.9 Å². The maximum absolute atomic E-state index is 12.2. The highest BCUT2D eigenvalue weighted by Gasteiger charge is 2.36. The number of carbonyl (C=O) groups excluding carboxylic acids is 3. The van der Waals surface area contributed by atoms with Crippen molar-refractivity contribution in [3.05, 3.63) is 64.7 Å². The van der Waals surface area contributed by atoms with E-state index in [0.717, 1.165) is 5.56 Å². The monoisotopic (exact) mass is 371 g/mol. The number of esters is 1. The van der Waals surface area contributed by atoms with Crippen molar-refractivity contribution < 1.29 is 19.1 Å². The van der Waals surface area contributed by atoms with E-state index in [9.17, 15) is 14.4 Å². The van der Waals surface area contributed by atoms with Crippen LogP contribution in [0.25, 0.3) is 0 Å². The van der Waals surface area contributed by atoms with E-state index in [1.54, 1.807) is 36.4 Å². The minimum Gasteiger partial charge on any atom is -0.457 e. The summed E-state index contributed by atoms with van der Waals surface area (Å²) in [6.45, 7) is 1.82. The van der Waals surface area contributed by atoms with Gasteiger partial charge in [0, 0.05) is 29.2 Å². The Morgan fingerprint density at radius 1 is 1.19 bits per heavy atom. The fourth-order valence-electron chi connectivity index (χ4n) is 2.84. The quantitative estimate of drug-likeness (QED) is 0.596. The zero-order valence-corrected chi connectivity index (χ0v) is 15.0. The number of ketones is 1. The average molecular weight is 372 g/mol. The normalized spacial score (nSPS) is 16.6. The number of aryl methyl sites for hydroxylation is 1. The van der Waals surface area contributed by atoms with Gasteiger partial charge in [-0.2, -0.15) is 0 Å². The van der Waals surface area contributed by atoms with Gasteiger partial charge in [0.1, 0.15) is 0 Å². The second-order valence-corrected chi connectivity index (χ2v) is 6.72. The first-order chi connectivity index (χ1) is 12.4. The first kappa shape index (κ1) is 18.1. The van der Waals surface area contributed by atoms with Crippen molar-refractivity contribution in [1.29, 1.82) is 0 Å². The highest BCUT2D eigenvalue weighted by Crippen LogP contribution is 2.27. The summed E-state index contributed by atoms with van der Waals surface area (Å²) in [5, 5.41) is 0.519. The molecule has 1 aliphatic heterocycles. The minimum absolute atomic E-state index is 0.0596. The van der Waals surface area contributed by atoms with Crippen LogP contribution in [0.4, 0.5) is 5.69 Å². The number of nitrogens with zero attached hydrogens (tertiary/aromatic N) is 1. The maximum atomic E-state index is 12.2. The number of benzene rings is 2. The van der Waals surface area contributed by atoms with E-state index in [0.29, 0.717) is 16.3 Å². The Kier molecular flexibility index (Phi) is 5.38. The third kappa shape index (κ3) is 4.11. The van der Waals surface area contributed by atoms with Crippen molar-refractivity contribution in [3.63, 3.8) is 0 Å². The number of halogens is 1. The molecular formula is C20H18ClNO4. The van der Waals surface area contributed by atoms with Gasteiger partial charge < -0.3 is 9.64 Å². The van der Waals surface area contributed by atoms with Crippen LogP contribution in [-0.4, -0.2) is 30.8 Å². The van der Waals surface area contributed by atoms with Crippen LogP contribution in [0.3, 0.4) is 0 Å². The molecule has 1 aliphatic rings. The van der Waals surface area contributed by atoms with Gasteiger partial charge in [-0.1, -0.05) is 47.5 Å². The number of hydrogen-bond acceptors (Lipinski definition) is 4. The molecule has 6 heteroatoms. The predicted molar refractivity (Wildman–Crippen MR) is 98.4 cm³/mol. The Labute approximate surface area is 156 Å². The van der Waals surface area contributed by atoms with Crippen molar-refractivity contribution in [3.8, 4) is 0 Å². The second kappa shape index (κ2) is 7.70. The summed E-state index contributed by atoms with van der Waals surface area (Å²) in [5.41, 5.74) is 2.18. The molecule has 0 N–H and O–H groups in total. The third-order valence-corrected chi connectivity index (χ3v) is 4.53. The maximum Gasteiger partial charge on any atom is 0.311 e. The molecule has 0 spiro atoms. The number of Topliss-reactive ketones (excluding diaryl/α,β-unsaturated/α-hetero) is 1. The van der Waals surface area contributed by atoms with Crippen LogP contribution >= 0.6 is 11.6 Å². The topological polar surface area (TPSA) is 63.7 Å². The van der Waals surface area contributed by atoms with Crippen molar-refractivity contribution in [2.75, 3.05) is 18.1 Å². The van der Waals surface area contributed by atoms with Crippen LogP contribution in [-0.2, 0) is 14.3 Å². The van der Waals surface area contributed by atoms with E-state index in [-0.39, 0.29) is 31.3 Å². The lowest BCUT2D eigenvalue weighted by Gasteiger charge is -2.16. The summed E-state index contributed by atoms with van der Waals surface area (Å²) >= 11 is 5.96. The highest BCUT2D eigenvalue weighted by molar-refractivity contribution is 6.31. The molecule has 1 atom stereocenters. The number of ether oxygens (including phenoxy) is 1. The molecule has 0 bridgehead atoms. The zero-order chi connectivity index (χ0) is 18.7. The van der Waals surface area contributed by atoms with Gasteiger partial charge in [-0.15, -0.1) is 0 Å². The molecule has 1 saturated heterocycles. The van der Waals surface area contributed by atoms with Gasteiger partial charge in [-0.05, 0) is 25.1 Å². The number of hydrogen-bond donors (Lipinski definition) is 0. The first-order valence-electron chi connectivity index (χ1n) is 8.26. The number of carbonyl (C=O) groups is 3. The molecule has 134 valence electrons. The molecule has 26 heavy (non-hydrogen) atoms. The van der Waals surface area contributed by atoms with Gasteiger partial charge in [-0.3, -0.25) is 14.4 Å². The standard InChI is InChI=1S/C20H18ClNO4/c1-13-5-7-14(8-6-13)18(23)12-26-20(25)15-9-19(24)22(11-15)17-4-2-3-16(21)10-17/h2-8,10,15H,9,11-12H2,1H3/t15-/m0/s1. The Hall–Kier alpha value is -2.66. The zero-order valence-electron chi connectivity index (χ0n) is 14.3. The lowest BCUT2D eigenvalue weighted by atomic mass is 10.1. The molecule has 0 radical (unpaired) electrons. The van der Waals surface area contributed by atoms with Crippen molar-refractivity contribution in [1.82, 2.24) is 0 Å². The van der Waals surface area contributed by atoms with Crippen molar-refractivity contribution in [2.45, 2.75) is 13.3 Å². The molecular weight excluding hydrogens is 354 g/mol. The largest absolute Gasteiger partial charge is 0.457 e. The fourth-order valence-corrected chi connectivity index (χ4v) is 3.02. The molecule has 1 amide bonds. The van der Waals surface area contributed by atoms with E-state index < -0.39 is 11.9 Å². The van der Waals surface area contributed by atoms with E-state index in [2.05, 4.69) is 0 Å². The van der Waals surface area contributed by atoms with Gasteiger partial charge in [0.05, 0.1) is 5.92 Å². The van der Waals surface area contributed by atoms with E-state index >= 15 is 0 Å².